The highest BCUT2D eigenvalue weighted by Crippen LogP contribution is 2.01. The van der Waals surface area contributed by atoms with Crippen LogP contribution in [0.2, 0.25) is 0 Å². The van der Waals surface area contributed by atoms with Crippen LogP contribution in [0.15, 0.2) is 17.4 Å². The average Bonchev–Trinajstić information content (AvgIpc) is 2.72. The summed E-state index contributed by atoms with van der Waals surface area (Å²) in [5, 5.41) is 4.13. The van der Waals surface area contributed by atoms with Crippen LogP contribution >= 0.6 is 0 Å². The molecule has 0 atom stereocenters. The Kier molecular flexibility index (Phi) is 5.52. The summed E-state index contributed by atoms with van der Waals surface area (Å²) < 4.78 is 1.82. The summed E-state index contributed by atoms with van der Waals surface area (Å²) >= 11 is 0. The highest BCUT2D eigenvalue weighted by Gasteiger charge is 2.01. The summed E-state index contributed by atoms with van der Waals surface area (Å²) in [7, 11) is 1.93. The van der Waals surface area contributed by atoms with Crippen LogP contribution in [0.3, 0.4) is 0 Å². The van der Waals surface area contributed by atoms with Crippen LogP contribution in [0, 0.1) is 0 Å². The molecule has 0 bridgehead atoms. The van der Waals surface area contributed by atoms with Gasteiger partial charge in [0.25, 0.3) is 0 Å². The minimum absolute atomic E-state index is 0.654. The summed E-state index contributed by atoms with van der Waals surface area (Å²) in [5.74, 6) is 0.654. The zero-order valence-corrected chi connectivity index (χ0v) is 11.1. The lowest BCUT2D eigenvalue weighted by Gasteiger charge is -2.19. The molecule has 0 saturated carbocycles. The molecule has 0 radical (unpaired) electrons. The van der Waals surface area contributed by atoms with Crippen molar-refractivity contribution >= 4 is 5.96 Å². The van der Waals surface area contributed by atoms with Crippen LogP contribution < -0.4 is 5.73 Å². The second-order valence-electron chi connectivity index (χ2n) is 4.04. The Morgan fingerprint density at radius 3 is 2.71 bits per heavy atom. The predicted molar refractivity (Wildman–Crippen MR) is 70.9 cm³/mol. The summed E-state index contributed by atoms with van der Waals surface area (Å²) in [6, 6.07) is 0. The van der Waals surface area contributed by atoms with Crippen molar-refractivity contribution in [1.29, 1.82) is 0 Å². The lowest BCUT2D eigenvalue weighted by molar-refractivity contribution is 0.458. The van der Waals surface area contributed by atoms with Gasteiger partial charge in [0.15, 0.2) is 5.96 Å². The van der Waals surface area contributed by atoms with Crippen LogP contribution in [0.4, 0.5) is 0 Å². The molecule has 0 saturated heterocycles. The normalized spacial score (nSPS) is 11.8. The first-order valence-corrected chi connectivity index (χ1v) is 6.19. The van der Waals surface area contributed by atoms with Crippen molar-refractivity contribution in [1.82, 2.24) is 14.7 Å². The molecule has 0 aliphatic carbocycles. The maximum atomic E-state index is 5.88. The van der Waals surface area contributed by atoms with Gasteiger partial charge in [-0.1, -0.05) is 0 Å². The molecule has 2 N–H and O–H groups in total. The van der Waals surface area contributed by atoms with Crippen molar-refractivity contribution in [3.05, 3.63) is 18.0 Å². The molecule has 0 aliphatic rings. The van der Waals surface area contributed by atoms with E-state index in [1.807, 2.05) is 24.1 Å². The van der Waals surface area contributed by atoms with Crippen LogP contribution in [-0.4, -0.2) is 40.3 Å². The molecular formula is C12H23N5. The van der Waals surface area contributed by atoms with Crippen molar-refractivity contribution in [2.75, 3.05) is 19.6 Å². The van der Waals surface area contributed by atoms with Crippen LogP contribution in [0.5, 0.6) is 0 Å². The maximum absolute atomic E-state index is 5.88. The van der Waals surface area contributed by atoms with E-state index in [1.54, 1.807) is 0 Å². The third-order valence-electron chi connectivity index (χ3n) is 2.74. The van der Waals surface area contributed by atoms with E-state index in [2.05, 4.69) is 28.8 Å². The second kappa shape index (κ2) is 6.93. The number of guanidine groups is 1. The highest BCUT2D eigenvalue weighted by atomic mass is 15.2. The number of hydrogen-bond acceptors (Lipinski definition) is 2. The van der Waals surface area contributed by atoms with E-state index in [-0.39, 0.29) is 0 Å². The van der Waals surface area contributed by atoms with Gasteiger partial charge in [0, 0.05) is 32.9 Å². The van der Waals surface area contributed by atoms with E-state index in [0.29, 0.717) is 5.96 Å². The molecule has 0 aromatic carbocycles. The highest BCUT2D eigenvalue weighted by molar-refractivity contribution is 5.77. The van der Waals surface area contributed by atoms with Crippen molar-refractivity contribution in [3.63, 3.8) is 0 Å². The number of aliphatic imine (C=N–C) groups is 1. The molecule has 0 fully saturated rings. The van der Waals surface area contributed by atoms with Gasteiger partial charge in [0.05, 0.1) is 6.20 Å². The smallest absolute Gasteiger partial charge is 0.191 e. The van der Waals surface area contributed by atoms with Gasteiger partial charge in [-0.15, -0.1) is 0 Å². The molecule has 0 spiro atoms. The van der Waals surface area contributed by atoms with E-state index in [1.165, 1.54) is 5.56 Å². The van der Waals surface area contributed by atoms with Crippen LogP contribution in [0.1, 0.15) is 25.8 Å². The second-order valence-corrected chi connectivity index (χ2v) is 4.04. The molecule has 5 nitrogen and oxygen atoms in total. The van der Waals surface area contributed by atoms with Crippen molar-refractivity contribution in [3.8, 4) is 0 Å². The van der Waals surface area contributed by atoms with Gasteiger partial charge >= 0.3 is 0 Å². The summed E-state index contributed by atoms with van der Waals surface area (Å²) in [4.78, 5) is 6.44. The molecule has 0 amide bonds. The molecule has 1 aromatic heterocycles. The molecular weight excluding hydrogens is 214 g/mol. The van der Waals surface area contributed by atoms with Gasteiger partial charge in [-0.25, -0.2) is 0 Å². The average molecular weight is 237 g/mol. The Balaban J connectivity index is 2.29. The van der Waals surface area contributed by atoms with Gasteiger partial charge < -0.3 is 10.6 Å². The number of nitrogens with zero attached hydrogens (tertiary/aromatic N) is 4. The van der Waals surface area contributed by atoms with E-state index >= 15 is 0 Å². The Labute approximate surface area is 103 Å². The predicted octanol–water partition coefficient (Wildman–Crippen LogP) is 1.01. The topological polar surface area (TPSA) is 59.4 Å². The van der Waals surface area contributed by atoms with Gasteiger partial charge in [-0.2, -0.15) is 5.10 Å². The Morgan fingerprint density at radius 1 is 1.47 bits per heavy atom. The van der Waals surface area contributed by atoms with Crippen molar-refractivity contribution in [2.24, 2.45) is 17.8 Å². The van der Waals surface area contributed by atoms with Gasteiger partial charge in [0.2, 0.25) is 0 Å². The van der Waals surface area contributed by atoms with E-state index in [0.717, 1.165) is 32.5 Å². The fraction of sp³-hybridized carbons (Fsp3) is 0.667. The summed E-state index contributed by atoms with van der Waals surface area (Å²) in [6.45, 7) is 6.77. The van der Waals surface area contributed by atoms with E-state index < -0.39 is 0 Å². The monoisotopic (exact) mass is 237 g/mol. The Bertz CT molecular complexity index is 352. The largest absolute Gasteiger partial charge is 0.370 e. The van der Waals surface area contributed by atoms with Crippen molar-refractivity contribution < 1.29 is 0 Å². The Morgan fingerprint density at radius 2 is 2.18 bits per heavy atom. The standard InChI is InChI=1S/C12H23N5/c1-4-17(5-2)12(13)14-8-6-7-11-9-15-16(3)10-11/h9-10H,4-8H2,1-3H3,(H2,13,14). The molecule has 1 heterocycles. The first-order chi connectivity index (χ1) is 8.17. The SMILES string of the molecule is CCN(CC)C(N)=NCCCc1cnn(C)c1. The molecule has 0 aliphatic heterocycles. The van der Waals surface area contributed by atoms with Crippen LogP contribution in [-0.2, 0) is 13.5 Å². The number of hydrogen-bond donors (Lipinski definition) is 1. The number of rotatable bonds is 6. The third-order valence-corrected chi connectivity index (χ3v) is 2.74. The minimum atomic E-state index is 0.654. The quantitative estimate of drug-likeness (QED) is 0.456. The molecule has 1 aromatic rings. The minimum Gasteiger partial charge on any atom is -0.370 e. The number of nitrogens with two attached hydrogens (primary N) is 1. The van der Waals surface area contributed by atoms with Gasteiger partial charge in [-0.3, -0.25) is 9.67 Å². The molecule has 5 heteroatoms. The van der Waals surface area contributed by atoms with Gasteiger partial charge in [0.1, 0.15) is 0 Å². The molecule has 1 rings (SSSR count). The molecule has 96 valence electrons. The Hall–Kier alpha value is -1.52. The van der Waals surface area contributed by atoms with Gasteiger partial charge in [-0.05, 0) is 32.3 Å². The molecule has 0 unspecified atom stereocenters. The third kappa shape index (κ3) is 4.46. The lowest BCUT2D eigenvalue weighted by Crippen LogP contribution is -2.37. The number of aromatic nitrogens is 2. The summed E-state index contributed by atoms with van der Waals surface area (Å²) in [5.41, 5.74) is 7.14. The molecule has 17 heavy (non-hydrogen) atoms. The lowest BCUT2D eigenvalue weighted by atomic mass is 10.2. The first-order valence-electron chi connectivity index (χ1n) is 6.19. The van der Waals surface area contributed by atoms with E-state index in [9.17, 15) is 0 Å². The first kappa shape index (κ1) is 13.5. The summed E-state index contributed by atoms with van der Waals surface area (Å²) in [6.07, 6.45) is 5.95. The zero-order chi connectivity index (χ0) is 12.7. The van der Waals surface area contributed by atoms with Crippen molar-refractivity contribution in [2.45, 2.75) is 26.7 Å². The fourth-order valence-electron chi connectivity index (χ4n) is 1.73. The zero-order valence-electron chi connectivity index (χ0n) is 11.1. The van der Waals surface area contributed by atoms with E-state index in [4.69, 9.17) is 5.73 Å². The van der Waals surface area contributed by atoms with Crippen LogP contribution in [0.25, 0.3) is 0 Å². The number of aryl methyl sites for hydroxylation is 2. The maximum Gasteiger partial charge on any atom is 0.191 e. The fourth-order valence-corrected chi connectivity index (χ4v) is 1.73.